The predicted molar refractivity (Wildman–Crippen MR) is 105 cm³/mol. The average Bonchev–Trinajstić information content (AvgIpc) is 2.73. The van der Waals surface area contributed by atoms with Crippen LogP contribution in [0.1, 0.15) is 15.9 Å². The zero-order valence-corrected chi connectivity index (χ0v) is 16.9. The minimum absolute atomic E-state index is 0.0764. The van der Waals surface area contributed by atoms with Crippen LogP contribution in [-0.4, -0.2) is 66.9 Å². The zero-order chi connectivity index (χ0) is 21.9. The number of carbonyl (C=O) groups is 1. The van der Waals surface area contributed by atoms with E-state index < -0.39 is 53.3 Å². The van der Waals surface area contributed by atoms with Crippen LogP contribution in [0.5, 0.6) is 0 Å². The van der Waals surface area contributed by atoms with Gasteiger partial charge in [-0.15, -0.1) is 0 Å². The van der Waals surface area contributed by atoms with E-state index in [0.717, 1.165) is 5.56 Å². The molecule has 1 aliphatic heterocycles. The number of ether oxygens (including phenoxy) is 1. The minimum atomic E-state index is -4.13. The molecule has 1 amide bonds. The lowest BCUT2D eigenvalue weighted by Gasteiger charge is -2.40. The van der Waals surface area contributed by atoms with Gasteiger partial charge < -0.3 is 25.4 Å². The smallest absolute Gasteiger partial charge is 0.297 e. The maximum absolute atomic E-state index is 12.3. The average molecular weight is 437 g/mol. The highest BCUT2D eigenvalue weighted by molar-refractivity contribution is 7.86. The van der Waals surface area contributed by atoms with E-state index in [9.17, 15) is 28.5 Å². The number of aryl methyl sites for hydroxylation is 1. The first-order valence-electron chi connectivity index (χ1n) is 9.21. The molecule has 1 fully saturated rings. The maximum Gasteiger partial charge on any atom is 0.297 e. The lowest BCUT2D eigenvalue weighted by Crippen LogP contribution is -2.64. The second-order valence-electron chi connectivity index (χ2n) is 6.96. The first-order valence-corrected chi connectivity index (χ1v) is 10.6. The molecule has 2 aromatic rings. The van der Waals surface area contributed by atoms with Gasteiger partial charge in [0.2, 0.25) is 0 Å². The Morgan fingerprint density at radius 2 is 1.67 bits per heavy atom. The lowest BCUT2D eigenvalue weighted by atomic mass is 9.97. The molecular formula is C20H23NO8S. The van der Waals surface area contributed by atoms with Crippen LogP contribution in [0.4, 0.5) is 0 Å². The fraction of sp³-hybridized carbons (Fsp3) is 0.350. The number of carbonyl (C=O) groups excluding carboxylic acids is 1. The summed E-state index contributed by atoms with van der Waals surface area (Å²) in [5.41, 5.74) is 1.16. The van der Waals surface area contributed by atoms with E-state index in [1.165, 1.54) is 12.1 Å². The van der Waals surface area contributed by atoms with Crippen LogP contribution in [0.2, 0.25) is 0 Å². The highest BCUT2D eigenvalue weighted by Crippen LogP contribution is 2.22. The van der Waals surface area contributed by atoms with Gasteiger partial charge in [-0.2, -0.15) is 8.42 Å². The number of aliphatic hydroxyl groups excluding tert-OH is 3. The molecule has 4 N–H and O–H groups in total. The monoisotopic (exact) mass is 437 g/mol. The summed E-state index contributed by atoms with van der Waals surface area (Å²) in [5, 5.41) is 33.2. The second-order valence-corrected chi connectivity index (χ2v) is 8.58. The molecule has 2 aromatic carbocycles. The van der Waals surface area contributed by atoms with Crippen LogP contribution in [0, 0.1) is 6.92 Å². The lowest BCUT2D eigenvalue weighted by molar-refractivity contribution is -0.250. The van der Waals surface area contributed by atoms with Crippen molar-refractivity contribution in [1.29, 1.82) is 0 Å². The molecule has 0 bridgehead atoms. The minimum Gasteiger partial charge on any atom is -0.388 e. The molecular weight excluding hydrogens is 414 g/mol. The summed E-state index contributed by atoms with van der Waals surface area (Å²) in [6.45, 7) is 1.17. The zero-order valence-electron chi connectivity index (χ0n) is 16.1. The van der Waals surface area contributed by atoms with Crippen LogP contribution < -0.4 is 5.32 Å². The Hall–Kier alpha value is -2.34. The van der Waals surface area contributed by atoms with Crippen LogP contribution >= 0.6 is 0 Å². The summed E-state index contributed by atoms with van der Waals surface area (Å²) in [6, 6.07) is 12.8. The molecule has 0 saturated carbocycles. The van der Waals surface area contributed by atoms with E-state index in [0.29, 0.717) is 5.56 Å². The molecule has 5 unspecified atom stereocenters. The van der Waals surface area contributed by atoms with Gasteiger partial charge in [0.25, 0.3) is 16.0 Å². The Morgan fingerprint density at radius 3 is 2.30 bits per heavy atom. The molecule has 1 aliphatic rings. The largest absolute Gasteiger partial charge is 0.388 e. The Morgan fingerprint density at radius 1 is 1.03 bits per heavy atom. The molecule has 30 heavy (non-hydrogen) atoms. The van der Waals surface area contributed by atoms with E-state index in [-0.39, 0.29) is 4.90 Å². The second kappa shape index (κ2) is 9.21. The van der Waals surface area contributed by atoms with Crippen LogP contribution in [0.3, 0.4) is 0 Å². The predicted octanol–water partition coefficient (Wildman–Crippen LogP) is -0.0621. The number of hydrogen-bond donors (Lipinski definition) is 4. The van der Waals surface area contributed by atoms with Crippen molar-refractivity contribution in [3.8, 4) is 0 Å². The molecule has 3 rings (SSSR count). The van der Waals surface area contributed by atoms with E-state index in [2.05, 4.69) is 5.32 Å². The molecule has 0 radical (unpaired) electrons. The van der Waals surface area contributed by atoms with E-state index >= 15 is 0 Å². The van der Waals surface area contributed by atoms with Gasteiger partial charge in [-0.25, -0.2) is 0 Å². The van der Waals surface area contributed by atoms with Gasteiger partial charge in [0, 0.05) is 5.56 Å². The van der Waals surface area contributed by atoms with Crippen molar-refractivity contribution in [3.05, 3.63) is 65.7 Å². The number of aliphatic hydroxyl groups is 3. The van der Waals surface area contributed by atoms with Gasteiger partial charge in [-0.05, 0) is 31.2 Å². The number of hydrogen-bond acceptors (Lipinski definition) is 8. The Kier molecular flexibility index (Phi) is 6.86. The Balaban J connectivity index is 1.63. The van der Waals surface area contributed by atoms with Crippen molar-refractivity contribution >= 4 is 16.0 Å². The molecule has 1 heterocycles. The number of amides is 1. The molecule has 1 saturated heterocycles. The highest BCUT2D eigenvalue weighted by Gasteiger charge is 2.45. The van der Waals surface area contributed by atoms with Crippen molar-refractivity contribution in [3.63, 3.8) is 0 Å². The van der Waals surface area contributed by atoms with Crippen molar-refractivity contribution in [1.82, 2.24) is 5.32 Å². The molecule has 9 nitrogen and oxygen atoms in total. The number of nitrogens with one attached hydrogen (secondary N) is 1. The molecule has 0 aromatic heterocycles. The van der Waals surface area contributed by atoms with Gasteiger partial charge in [-0.3, -0.25) is 8.98 Å². The number of rotatable bonds is 6. The third-order valence-corrected chi connectivity index (χ3v) is 6.05. The summed E-state index contributed by atoms with van der Waals surface area (Å²) in [4.78, 5) is 12.2. The standard InChI is InChI=1S/C20H23NO8S/c1-12-7-9-14(10-8-12)30(26,27)28-11-15-17(22)18(23)16(20(25)29-15)21-19(24)13-5-3-2-4-6-13/h2-10,15-18,20,22-23,25H,11H2,1H3,(H,21,24). The molecule has 0 aliphatic carbocycles. The first kappa shape index (κ1) is 22.3. The SMILES string of the molecule is Cc1ccc(S(=O)(=O)OCC2OC(O)C(NC(=O)c3ccccc3)C(O)C2O)cc1. The van der Waals surface area contributed by atoms with E-state index in [4.69, 9.17) is 8.92 Å². The van der Waals surface area contributed by atoms with Gasteiger partial charge in [-0.1, -0.05) is 35.9 Å². The number of benzene rings is 2. The summed E-state index contributed by atoms with van der Waals surface area (Å²) >= 11 is 0. The molecule has 10 heteroatoms. The van der Waals surface area contributed by atoms with Crippen molar-refractivity contribution in [2.75, 3.05) is 6.61 Å². The van der Waals surface area contributed by atoms with Crippen molar-refractivity contribution in [2.45, 2.75) is 42.5 Å². The van der Waals surface area contributed by atoms with Crippen molar-refractivity contribution < 1.29 is 37.5 Å². The van der Waals surface area contributed by atoms with Crippen LogP contribution in [0.15, 0.2) is 59.5 Å². The normalized spacial score (nSPS) is 26.9. The van der Waals surface area contributed by atoms with Crippen LogP contribution in [0.25, 0.3) is 0 Å². The topological polar surface area (TPSA) is 142 Å². The molecule has 5 atom stereocenters. The Bertz CT molecular complexity index is 964. The third-order valence-electron chi connectivity index (χ3n) is 4.75. The van der Waals surface area contributed by atoms with Gasteiger partial charge in [0.15, 0.2) is 6.29 Å². The van der Waals surface area contributed by atoms with E-state index in [1.807, 2.05) is 0 Å². The Labute approximate surface area is 174 Å². The van der Waals surface area contributed by atoms with Gasteiger partial charge >= 0.3 is 0 Å². The van der Waals surface area contributed by atoms with Gasteiger partial charge in [0.1, 0.15) is 24.4 Å². The van der Waals surface area contributed by atoms with Crippen molar-refractivity contribution in [2.24, 2.45) is 0 Å². The van der Waals surface area contributed by atoms with Crippen LogP contribution in [-0.2, 0) is 19.0 Å². The fourth-order valence-corrected chi connectivity index (χ4v) is 3.91. The highest BCUT2D eigenvalue weighted by atomic mass is 32.2. The maximum atomic E-state index is 12.3. The summed E-state index contributed by atoms with van der Waals surface area (Å²) in [7, 11) is -4.13. The summed E-state index contributed by atoms with van der Waals surface area (Å²) in [6.07, 6.45) is -6.24. The quantitative estimate of drug-likeness (QED) is 0.461. The third kappa shape index (κ3) is 5.04. The first-order chi connectivity index (χ1) is 14.2. The van der Waals surface area contributed by atoms with Gasteiger partial charge in [0.05, 0.1) is 11.5 Å². The van der Waals surface area contributed by atoms with E-state index in [1.54, 1.807) is 49.4 Å². The fourth-order valence-electron chi connectivity index (χ4n) is 2.99. The molecule has 162 valence electrons. The molecule has 0 spiro atoms. The summed E-state index contributed by atoms with van der Waals surface area (Å²) in [5.74, 6) is -0.578. The summed E-state index contributed by atoms with van der Waals surface area (Å²) < 4.78 is 34.7.